The molecule has 2 aromatic carbocycles. The fourth-order valence-corrected chi connectivity index (χ4v) is 3.50. The molecule has 0 unspecified atom stereocenters. The molecular weight excluding hydrogens is 497 g/mol. The van der Waals surface area contributed by atoms with Crippen molar-refractivity contribution in [3.63, 3.8) is 0 Å². The number of nitrogens with zero attached hydrogens (tertiary/aromatic N) is 1. The molecule has 0 aliphatic carbocycles. The van der Waals surface area contributed by atoms with Crippen LogP contribution in [0.5, 0.6) is 11.5 Å². The van der Waals surface area contributed by atoms with Gasteiger partial charge in [-0.1, -0.05) is 25.1 Å². The number of carbonyl (C=O) groups excluding carboxylic acids is 2. The number of nitrogens with one attached hydrogen (secondary N) is 2. The minimum atomic E-state index is -0.497. The van der Waals surface area contributed by atoms with E-state index in [1.54, 1.807) is 6.07 Å². The lowest BCUT2D eigenvalue weighted by molar-refractivity contribution is -0.126. The Labute approximate surface area is 190 Å². The van der Waals surface area contributed by atoms with Crippen molar-refractivity contribution in [3.05, 3.63) is 51.1 Å². The molecule has 0 heterocycles. The average molecular weight is 523 g/mol. The number of ether oxygens (including phenoxy) is 2. The fourth-order valence-electron chi connectivity index (χ4n) is 2.72. The second kappa shape index (κ2) is 12.2. The predicted molar refractivity (Wildman–Crippen MR) is 126 cm³/mol. The summed E-state index contributed by atoms with van der Waals surface area (Å²) in [5.41, 5.74) is 4.86. The van der Waals surface area contributed by atoms with E-state index in [2.05, 4.69) is 38.4 Å². The van der Waals surface area contributed by atoms with E-state index >= 15 is 0 Å². The van der Waals surface area contributed by atoms with E-state index in [4.69, 9.17) is 9.47 Å². The number of benzene rings is 2. The summed E-state index contributed by atoms with van der Waals surface area (Å²) < 4.78 is 12.1. The average Bonchev–Trinajstić information content (AvgIpc) is 2.71. The zero-order valence-corrected chi connectivity index (χ0v) is 19.5. The monoisotopic (exact) mass is 523 g/mol. The third-order valence-electron chi connectivity index (χ3n) is 4.02. The molecule has 0 radical (unpaired) electrons. The second-order valence-corrected chi connectivity index (χ2v) is 7.39. The Hall–Kier alpha value is -2.62. The molecular formula is C22H26IN3O4. The number of hydrogen-bond acceptors (Lipinski definition) is 5. The van der Waals surface area contributed by atoms with Gasteiger partial charge in [0.05, 0.1) is 23.0 Å². The lowest BCUT2D eigenvalue weighted by Gasteiger charge is -2.13. The summed E-state index contributed by atoms with van der Waals surface area (Å²) in [6.07, 6.45) is 1.97. The number of halogens is 1. The van der Waals surface area contributed by atoms with Crippen LogP contribution in [0.2, 0.25) is 0 Å². The minimum Gasteiger partial charge on any atom is -0.490 e. The van der Waals surface area contributed by atoms with Crippen molar-refractivity contribution in [2.24, 2.45) is 5.10 Å². The van der Waals surface area contributed by atoms with Crippen LogP contribution in [-0.4, -0.2) is 31.2 Å². The van der Waals surface area contributed by atoms with E-state index < -0.39 is 11.8 Å². The van der Waals surface area contributed by atoms with Gasteiger partial charge in [0.1, 0.15) is 6.42 Å². The van der Waals surface area contributed by atoms with E-state index in [1.165, 1.54) is 6.21 Å². The van der Waals surface area contributed by atoms with Crippen LogP contribution in [0.1, 0.15) is 38.3 Å². The third-order valence-corrected chi connectivity index (χ3v) is 4.82. The third kappa shape index (κ3) is 7.01. The predicted octanol–water partition coefficient (Wildman–Crippen LogP) is 4.13. The summed E-state index contributed by atoms with van der Waals surface area (Å²) >= 11 is 2.17. The first-order chi connectivity index (χ1) is 14.5. The number of para-hydroxylation sites is 1. The Kier molecular flexibility index (Phi) is 9.59. The molecule has 0 aliphatic rings. The SMILES string of the molecule is CCOc1cc(C=NNC(=O)CC(=O)Nc2ccccc2CC)cc(I)c1OCC. The number of hydrogen-bond donors (Lipinski definition) is 2. The molecule has 2 amide bonds. The molecule has 0 bridgehead atoms. The van der Waals surface area contributed by atoms with Crippen molar-refractivity contribution in [2.75, 3.05) is 18.5 Å². The molecule has 8 heteroatoms. The maximum atomic E-state index is 12.1. The molecule has 7 nitrogen and oxygen atoms in total. The van der Waals surface area contributed by atoms with Gasteiger partial charge in [-0.05, 0) is 72.2 Å². The van der Waals surface area contributed by atoms with Gasteiger partial charge in [0, 0.05) is 5.69 Å². The molecule has 0 aromatic heterocycles. The minimum absolute atomic E-state index is 0.319. The number of anilines is 1. The summed E-state index contributed by atoms with van der Waals surface area (Å²) in [6.45, 7) is 6.85. The number of rotatable bonds is 10. The lowest BCUT2D eigenvalue weighted by Crippen LogP contribution is -2.25. The molecule has 30 heavy (non-hydrogen) atoms. The van der Waals surface area contributed by atoms with Crippen molar-refractivity contribution < 1.29 is 19.1 Å². The van der Waals surface area contributed by atoms with Crippen LogP contribution in [0.25, 0.3) is 0 Å². The number of aryl methyl sites for hydroxylation is 1. The van der Waals surface area contributed by atoms with Crippen molar-refractivity contribution in [2.45, 2.75) is 33.6 Å². The van der Waals surface area contributed by atoms with Crippen LogP contribution < -0.4 is 20.2 Å². The first-order valence-electron chi connectivity index (χ1n) is 9.77. The van der Waals surface area contributed by atoms with Crippen LogP contribution in [-0.2, 0) is 16.0 Å². The van der Waals surface area contributed by atoms with E-state index in [0.717, 1.165) is 21.1 Å². The van der Waals surface area contributed by atoms with Crippen molar-refractivity contribution >= 4 is 46.3 Å². The highest BCUT2D eigenvalue weighted by Gasteiger charge is 2.12. The highest BCUT2D eigenvalue weighted by Crippen LogP contribution is 2.33. The lowest BCUT2D eigenvalue weighted by atomic mass is 10.1. The molecule has 0 aliphatic heterocycles. The smallest absolute Gasteiger partial charge is 0.249 e. The zero-order valence-electron chi connectivity index (χ0n) is 17.3. The van der Waals surface area contributed by atoms with Gasteiger partial charge in [0.25, 0.3) is 0 Å². The van der Waals surface area contributed by atoms with E-state index in [9.17, 15) is 9.59 Å². The van der Waals surface area contributed by atoms with Crippen LogP contribution in [0.4, 0.5) is 5.69 Å². The largest absolute Gasteiger partial charge is 0.490 e. The van der Waals surface area contributed by atoms with Crippen LogP contribution >= 0.6 is 22.6 Å². The number of carbonyl (C=O) groups is 2. The van der Waals surface area contributed by atoms with Crippen LogP contribution in [0.3, 0.4) is 0 Å². The summed E-state index contributed by atoms with van der Waals surface area (Å²) in [4.78, 5) is 24.2. The van der Waals surface area contributed by atoms with E-state index in [-0.39, 0.29) is 6.42 Å². The summed E-state index contributed by atoms with van der Waals surface area (Å²) in [5, 5.41) is 6.71. The van der Waals surface area contributed by atoms with Crippen molar-refractivity contribution in [1.82, 2.24) is 5.43 Å². The standard InChI is InChI=1S/C22H26IN3O4/c1-4-16-9-7-8-10-18(16)25-20(27)13-21(28)26-24-14-15-11-17(23)22(30-6-3)19(12-15)29-5-2/h7-12,14H,4-6,13H2,1-3H3,(H,25,27)(H,26,28). The fraction of sp³-hybridized carbons (Fsp3) is 0.318. The van der Waals surface area contributed by atoms with E-state index in [0.29, 0.717) is 30.4 Å². The van der Waals surface area contributed by atoms with Gasteiger partial charge in [-0.3, -0.25) is 9.59 Å². The van der Waals surface area contributed by atoms with Gasteiger partial charge >= 0.3 is 0 Å². The Morgan fingerprint density at radius 2 is 1.80 bits per heavy atom. The van der Waals surface area contributed by atoms with Gasteiger partial charge < -0.3 is 14.8 Å². The summed E-state index contributed by atoms with van der Waals surface area (Å²) in [7, 11) is 0. The Balaban J connectivity index is 1.96. The van der Waals surface area contributed by atoms with Gasteiger partial charge in [-0.25, -0.2) is 5.43 Å². The Morgan fingerprint density at radius 3 is 2.50 bits per heavy atom. The Morgan fingerprint density at radius 1 is 1.07 bits per heavy atom. The number of hydrazone groups is 1. The maximum Gasteiger partial charge on any atom is 0.249 e. The molecule has 0 saturated heterocycles. The molecule has 2 aromatic rings. The highest BCUT2D eigenvalue weighted by molar-refractivity contribution is 14.1. The first kappa shape index (κ1) is 23.7. The molecule has 0 fully saturated rings. The Bertz CT molecular complexity index is 915. The molecule has 2 N–H and O–H groups in total. The van der Waals surface area contributed by atoms with Crippen molar-refractivity contribution in [3.8, 4) is 11.5 Å². The maximum absolute atomic E-state index is 12.1. The first-order valence-corrected chi connectivity index (χ1v) is 10.8. The molecule has 0 saturated carbocycles. The summed E-state index contributed by atoms with van der Waals surface area (Å²) in [6, 6.07) is 11.2. The van der Waals surface area contributed by atoms with Crippen molar-refractivity contribution in [1.29, 1.82) is 0 Å². The molecule has 0 spiro atoms. The quantitative estimate of drug-likeness (QED) is 0.212. The van der Waals surface area contributed by atoms with Crippen LogP contribution in [0.15, 0.2) is 41.5 Å². The number of amides is 2. The van der Waals surface area contributed by atoms with E-state index in [1.807, 2.05) is 51.1 Å². The second-order valence-electron chi connectivity index (χ2n) is 6.22. The molecule has 0 atom stereocenters. The molecule has 2 rings (SSSR count). The van der Waals surface area contributed by atoms with Gasteiger partial charge in [-0.2, -0.15) is 5.10 Å². The van der Waals surface area contributed by atoms with Crippen LogP contribution in [0, 0.1) is 3.57 Å². The highest BCUT2D eigenvalue weighted by atomic mass is 127. The van der Waals surface area contributed by atoms with Gasteiger partial charge in [0.15, 0.2) is 11.5 Å². The summed E-state index contributed by atoms with van der Waals surface area (Å²) in [5.74, 6) is 0.416. The topological polar surface area (TPSA) is 89.0 Å². The molecule has 160 valence electrons. The van der Waals surface area contributed by atoms with Gasteiger partial charge in [-0.15, -0.1) is 0 Å². The normalized spacial score (nSPS) is 10.7. The zero-order chi connectivity index (χ0) is 21.9. The van der Waals surface area contributed by atoms with Gasteiger partial charge in [0.2, 0.25) is 11.8 Å².